The summed E-state index contributed by atoms with van der Waals surface area (Å²) in [5.41, 5.74) is 2.48. The van der Waals surface area contributed by atoms with Crippen LogP contribution in [-0.2, 0) is 20.7 Å². The molecule has 26 heavy (non-hydrogen) atoms. The van der Waals surface area contributed by atoms with Gasteiger partial charge in [0, 0.05) is 19.5 Å². The average molecular weight is 360 g/mol. The van der Waals surface area contributed by atoms with Gasteiger partial charge in [0.25, 0.3) is 0 Å². The molecule has 1 fully saturated rings. The number of benzene rings is 1. The number of ether oxygens (including phenoxy) is 1. The normalized spacial score (nSPS) is 15.8. The van der Waals surface area contributed by atoms with E-state index in [4.69, 9.17) is 4.74 Å². The molecule has 5 heteroatoms. The lowest BCUT2D eigenvalue weighted by molar-refractivity contribution is -0.140. The molecule has 1 saturated heterocycles. The summed E-state index contributed by atoms with van der Waals surface area (Å²) in [5.74, 6) is 0.330. The van der Waals surface area contributed by atoms with Gasteiger partial charge in [0.1, 0.15) is 6.04 Å². The predicted molar refractivity (Wildman–Crippen MR) is 103 cm³/mol. The molecule has 1 atom stereocenters. The van der Waals surface area contributed by atoms with E-state index in [-0.39, 0.29) is 11.8 Å². The molecule has 1 aromatic rings. The number of nitrogens with one attached hydrogen (secondary N) is 1. The lowest BCUT2D eigenvalue weighted by atomic mass is 10.0. The number of carbonyl (C=O) groups is 2. The monoisotopic (exact) mass is 360 g/mol. The fourth-order valence-electron chi connectivity index (χ4n) is 3.17. The smallest absolute Gasteiger partial charge is 0.245 e. The first kappa shape index (κ1) is 20.4. The van der Waals surface area contributed by atoms with Gasteiger partial charge in [0.2, 0.25) is 11.8 Å². The molecule has 1 aromatic carbocycles. The van der Waals surface area contributed by atoms with E-state index in [2.05, 4.69) is 50.4 Å². The summed E-state index contributed by atoms with van der Waals surface area (Å²) in [6, 6.07) is 7.97. The summed E-state index contributed by atoms with van der Waals surface area (Å²) in [5, 5.41) is 2.97. The van der Waals surface area contributed by atoms with Crippen LogP contribution in [-0.4, -0.2) is 49.1 Å². The fraction of sp³-hybridized carbons (Fsp3) is 0.619. The van der Waals surface area contributed by atoms with Crippen LogP contribution >= 0.6 is 0 Å². The zero-order chi connectivity index (χ0) is 18.9. The quantitative estimate of drug-likeness (QED) is 0.775. The van der Waals surface area contributed by atoms with E-state index in [0.29, 0.717) is 45.1 Å². The Morgan fingerprint density at radius 1 is 1.15 bits per heavy atom. The second kappa shape index (κ2) is 10.3. The molecule has 2 amide bonds. The molecule has 2 rings (SSSR count). The van der Waals surface area contributed by atoms with Crippen molar-refractivity contribution < 1.29 is 14.3 Å². The highest BCUT2D eigenvalue weighted by atomic mass is 16.5. The molecule has 0 saturated carbocycles. The molecule has 1 N–H and O–H groups in total. The van der Waals surface area contributed by atoms with E-state index >= 15 is 0 Å². The Morgan fingerprint density at radius 3 is 2.42 bits per heavy atom. The van der Waals surface area contributed by atoms with E-state index in [1.807, 2.05) is 4.90 Å². The van der Waals surface area contributed by atoms with Crippen LogP contribution < -0.4 is 5.32 Å². The van der Waals surface area contributed by atoms with Crippen molar-refractivity contribution in [3.8, 4) is 0 Å². The molecule has 0 aromatic heterocycles. The molecular formula is C21H32N2O3. The van der Waals surface area contributed by atoms with Crippen LogP contribution in [0.5, 0.6) is 0 Å². The van der Waals surface area contributed by atoms with Gasteiger partial charge in [-0.25, -0.2) is 0 Å². The van der Waals surface area contributed by atoms with Gasteiger partial charge in [0.15, 0.2) is 0 Å². The van der Waals surface area contributed by atoms with Crippen LogP contribution in [0.3, 0.4) is 0 Å². The Kier molecular flexibility index (Phi) is 8.10. The maximum atomic E-state index is 12.8. The van der Waals surface area contributed by atoms with Crippen molar-refractivity contribution in [2.75, 3.05) is 26.3 Å². The van der Waals surface area contributed by atoms with Crippen LogP contribution in [0, 0.1) is 12.8 Å². The van der Waals surface area contributed by atoms with Crippen LogP contribution in [0.2, 0.25) is 0 Å². The summed E-state index contributed by atoms with van der Waals surface area (Å²) < 4.78 is 5.31. The van der Waals surface area contributed by atoms with Crippen molar-refractivity contribution in [3.63, 3.8) is 0 Å². The lowest BCUT2D eigenvalue weighted by Gasteiger charge is -2.31. The zero-order valence-corrected chi connectivity index (χ0v) is 16.3. The summed E-state index contributed by atoms with van der Waals surface area (Å²) in [6.45, 7) is 8.58. The van der Waals surface area contributed by atoms with Crippen molar-refractivity contribution in [1.29, 1.82) is 0 Å². The standard InChI is InChI=1S/C21H32N2O3/c1-16(2)15-19(21(25)23-11-13-26-14-12-23)22-20(24)6-4-5-18-9-7-17(3)8-10-18/h7-10,16,19H,4-6,11-15H2,1-3H3,(H,22,24)/t19-/m0/s1. The van der Waals surface area contributed by atoms with Gasteiger partial charge in [-0.3, -0.25) is 9.59 Å². The minimum Gasteiger partial charge on any atom is -0.378 e. The van der Waals surface area contributed by atoms with Crippen LogP contribution in [0.25, 0.3) is 0 Å². The van der Waals surface area contributed by atoms with E-state index in [0.717, 1.165) is 12.8 Å². The Bertz CT molecular complexity index is 577. The molecule has 5 nitrogen and oxygen atoms in total. The number of aryl methyl sites for hydroxylation is 2. The van der Waals surface area contributed by atoms with E-state index in [9.17, 15) is 9.59 Å². The first-order chi connectivity index (χ1) is 12.5. The Balaban J connectivity index is 1.82. The van der Waals surface area contributed by atoms with Crippen molar-refractivity contribution in [2.24, 2.45) is 5.92 Å². The number of nitrogens with zero attached hydrogens (tertiary/aromatic N) is 1. The Labute approximate surface area is 157 Å². The highest BCUT2D eigenvalue weighted by Gasteiger charge is 2.27. The fourth-order valence-corrected chi connectivity index (χ4v) is 3.17. The molecule has 1 aliphatic rings. The van der Waals surface area contributed by atoms with Crippen molar-refractivity contribution >= 4 is 11.8 Å². The molecule has 0 bridgehead atoms. The third-order valence-corrected chi connectivity index (χ3v) is 4.65. The Morgan fingerprint density at radius 2 is 1.81 bits per heavy atom. The van der Waals surface area contributed by atoms with E-state index < -0.39 is 6.04 Å². The number of rotatable bonds is 8. The van der Waals surface area contributed by atoms with Crippen molar-refractivity contribution in [1.82, 2.24) is 10.2 Å². The number of amides is 2. The van der Waals surface area contributed by atoms with Gasteiger partial charge in [-0.2, -0.15) is 0 Å². The summed E-state index contributed by atoms with van der Waals surface area (Å²) in [4.78, 5) is 26.9. The van der Waals surface area contributed by atoms with Gasteiger partial charge >= 0.3 is 0 Å². The second-order valence-electron chi connectivity index (χ2n) is 7.53. The molecule has 144 valence electrons. The Hall–Kier alpha value is -1.88. The summed E-state index contributed by atoms with van der Waals surface area (Å²) in [6.07, 6.45) is 2.77. The van der Waals surface area contributed by atoms with Gasteiger partial charge < -0.3 is 15.0 Å². The number of hydrogen-bond acceptors (Lipinski definition) is 3. The van der Waals surface area contributed by atoms with E-state index in [1.165, 1.54) is 11.1 Å². The summed E-state index contributed by atoms with van der Waals surface area (Å²) >= 11 is 0. The molecule has 0 radical (unpaired) electrons. The number of morpholine rings is 1. The van der Waals surface area contributed by atoms with Crippen LogP contribution in [0.15, 0.2) is 24.3 Å². The van der Waals surface area contributed by atoms with Gasteiger partial charge in [0.05, 0.1) is 13.2 Å². The number of carbonyl (C=O) groups excluding carboxylic acids is 2. The number of hydrogen-bond donors (Lipinski definition) is 1. The maximum absolute atomic E-state index is 12.8. The predicted octanol–water partition coefficient (Wildman–Crippen LogP) is 2.71. The zero-order valence-electron chi connectivity index (χ0n) is 16.3. The van der Waals surface area contributed by atoms with Crippen LogP contribution in [0.1, 0.15) is 44.2 Å². The minimum atomic E-state index is -0.431. The first-order valence-corrected chi connectivity index (χ1v) is 9.67. The molecular weight excluding hydrogens is 328 g/mol. The van der Waals surface area contributed by atoms with E-state index in [1.54, 1.807) is 0 Å². The van der Waals surface area contributed by atoms with Gasteiger partial charge in [-0.05, 0) is 37.7 Å². The van der Waals surface area contributed by atoms with Crippen LogP contribution in [0.4, 0.5) is 0 Å². The SMILES string of the molecule is Cc1ccc(CCCC(=O)N[C@@H](CC(C)C)C(=O)N2CCOCC2)cc1. The molecule has 1 aliphatic heterocycles. The highest BCUT2D eigenvalue weighted by molar-refractivity contribution is 5.87. The third-order valence-electron chi connectivity index (χ3n) is 4.65. The van der Waals surface area contributed by atoms with Crippen molar-refractivity contribution in [3.05, 3.63) is 35.4 Å². The van der Waals surface area contributed by atoms with Crippen molar-refractivity contribution in [2.45, 2.75) is 52.5 Å². The maximum Gasteiger partial charge on any atom is 0.245 e. The molecule has 0 unspecified atom stereocenters. The first-order valence-electron chi connectivity index (χ1n) is 9.67. The second-order valence-corrected chi connectivity index (χ2v) is 7.53. The highest BCUT2D eigenvalue weighted by Crippen LogP contribution is 2.11. The summed E-state index contributed by atoms with van der Waals surface area (Å²) in [7, 11) is 0. The topological polar surface area (TPSA) is 58.6 Å². The van der Waals surface area contributed by atoms with Gasteiger partial charge in [-0.1, -0.05) is 43.7 Å². The minimum absolute atomic E-state index is 0.0221. The molecule has 0 aliphatic carbocycles. The van der Waals surface area contributed by atoms with Gasteiger partial charge in [-0.15, -0.1) is 0 Å². The average Bonchev–Trinajstić information content (AvgIpc) is 2.62. The molecule has 0 spiro atoms. The lowest BCUT2D eigenvalue weighted by Crippen LogP contribution is -2.52. The molecule has 1 heterocycles. The largest absolute Gasteiger partial charge is 0.378 e. The third kappa shape index (κ3) is 6.79.